The van der Waals surface area contributed by atoms with Gasteiger partial charge in [0.1, 0.15) is 11.5 Å². The highest BCUT2D eigenvalue weighted by Crippen LogP contribution is 2.57. The van der Waals surface area contributed by atoms with Crippen LogP contribution in [0.1, 0.15) is 45.4 Å². The van der Waals surface area contributed by atoms with Crippen molar-refractivity contribution >= 4 is 5.78 Å². The summed E-state index contributed by atoms with van der Waals surface area (Å²) >= 11 is 0. The lowest BCUT2D eigenvalue weighted by Gasteiger charge is -2.44. The number of aliphatic hydroxyl groups is 1. The van der Waals surface area contributed by atoms with Crippen molar-refractivity contribution in [1.82, 2.24) is 0 Å². The Morgan fingerprint density at radius 2 is 2.25 bits per heavy atom. The topological polar surface area (TPSA) is 37.3 Å². The summed E-state index contributed by atoms with van der Waals surface area (Å²) in [5.74, 6) is 1.76. The van der Waals surface area contributed by atoms with Crippen LogP contribution in [0.3, 0.4) is 0 Å². The van der Waals surface area contributed by atoms with E-state index in [1.54, 1.807) is 0 Å². The SMILES string of the molecule is C[C@]12CC[C@H]3C(=CCC4=C3C=C=C(O)C4)[C@@H]1CCC2=O. The minimum absolute atomic E-state index is 0.100. The molecule has 0 unspecified atom stereocenters. The van der Waals surface area contributed by atoms with Crippen molar-refractivity contribution < 1.29 is 9.90 Å². The van der Waals surface area contributed by atoms with Gasteiger partial charge in [0.05, 0.1) is 0 Å². The number of carbonyl (C=O) groups is 1. The van der Waals surface area contributed by atoms with Gasteiger partial charge in [-0.25, -0.2) is 0 Å². The van der Waals surface area contributed by atoms with E-state index in [0.29, 0.717) is 29.8 Å². The van der Waals surface area contributed by atoms with Crippen LogP contribution in [0.5, 0.6) is 0 Å². The van der Waals surface area contributed by atoms with Gasteiger partial charge in [-0.1, -0.05) is 29.9 Å². The van der Waals surface area contributed by atoms with Gasteiger partial charge in [-0.05, 0) is 43.3 Å². The van der Waals surface area contributed by atoms with E-state index in [4.69, 9.17) is 0 Å². The molecule has 0 spiro atoms. The lowest BCUT2D eigenvalue weighted by Crippen LogP contribution is -2.38. The first-order valence-corrected chi connectivity index (χ1v) is 7.69. The van der Waals surface area contributed by atoms with Gasteiger partial charge in [0, 0.05) is 24.2 Å². The molecule has 0 amide bonds. The maximum atomic E-state index is 12.2. The Morgan fingerprint density at radius 3 is 3.10 bits per heavy atom. The Morgan fingerprint density at radius 1 is 1.40 bits per heavy atom. The number of Topliss-reactive ketones (excluding diaryl/α,β-unsaturated/α-hetero) is 1. The van der Waals surface area contributed by atoms with E-state index in [0.717, 1.165) is 32.1 Å². The fourth-order valence-corrected chi connectivity index (χ4v) is 4.79. The van der Waals surface area contributed by atoms with E-state index in [1.807, 2.05) is 6.08 Å². The van der Waals surface area contributed by atoms with Crippen LogP contribution >= 0.6 is 0 Å². The molecule has 0 aromatic rings. The Hall–Kier alpha value is -1.53. The molecule has 4 aliphatic carbocycles. The summed E-state index contributed by atoms with van der Waals surface area (Å²) < 4.78 is 0. The molecular formula is C18H20O2. The van der Waals surface area contributed by atoms with Crippen LogP contribution in [0.25, 0.3) is 0 Å². The van der Waals surface area contributed by atoms with E-state index in [-0.39, 0.29) is 5.41 Å². The predicted molar refractivity (Wildman–Crippen MR) is 77.1 cm³/mol. The first kappa shape index (κ1) is 12.2. The fourth-order valence-electron chi connectivity index (χ4n) is 4.79. The Balaban J connectivity index is 1.73. The average Bonchev–Trinajstić information content (AvgIpc) is 2.74. The molecule has 4 rings (SSSR count). The highest BCUT2D eigenvalue weighted by Gasteiger charge is 2.52. The molecule has 0 radical (unpaired) electrons. The summed E-state index contributed by atoms with van der Waals surface area (Å²) in [6, 6.07) is 0. The second-order valence-electron chi connectivity index (χ2n) is 6.90. The molecule has 2 fully saturated rings. The van der Waals surface area contributed by atoms with Gasteiger partial charge < -0.3 is 5.11 Å². The molecule has 4 aliphatic rings. The van der Waals surface area contributed by atoms with Crippen LogP contribution in [-0.2, 0) is 4.79 Å². The summed E-state index contributed by atoms with van der Waals surface area (Å²) in [5.41, 5.74) is 7.12. The first-order chi connectivity index (χ1) is 9.59. The lowest BCUT2D eigenvalue weighted by molar-refractivity contribution is -0.127. The molecule has 0 saturated heterocycles. The number of rotatable bonds is 0. The van der Waals surface area contributed by atoms with E-state index >= 15 is 0 Å². The molecule has 2 heteroatoms. The molecule has 0 aromatic carbocycles. The maximum Gasteiger partial charge on any atom is 0.139 e. The summed E-state index contributed by atoms with van der Waals surface area (Å²) in [6.45, 7) is 2.18. The van der Waals surface area contributed by atoms with Crippen LogP contribution in [0.2, 0.25) is 0 Å². The van der Waals surface area contributed by atoms with Crippen molar-refractivity contribution in [3.63, 3.8) is 0 Å². The highest BCUT2D eigenvalue weighted by atomic mass is 16.3. The zero-order valence-corrected chi connectivity index (χ0v) is 11.9. The van der Waals surface area contributed by atoms with Crippen LogP contribution in [-0.4, -0.2) is 10.9 Å². The molecular weight excluding hydrogens is 248 g/mol. The summed E-state index contributed by atoms with van der Waals surface area (Å²) in [6.07, 6.45) is 9.82. The van der Waals surface area contributed by atoms with Crippen molar-refractivity contribution in [1.29, 1.82) is 0 Å². The van der Waals surface area contributed by atoms with Crippen LogP contribution in [0.4, 0.5) is 0 Å². The Bertz CT molecular complexity index is 628. The maximum absolute atomic E-state index is 12.2. The molecule has 0 bridgehead atoms. The molecule has 3 atom stereocenters. The number of allylic oxidation sites excluding steroid dienone is 4. The number of fused-ring (bicyclic) bond motifs is 4. The number of aliphatic hydroxyl groups excluding tert-OH is 1. The zero-order chi connectivity index (χ0) is 13.9. The van der Waals surface area contributed by atoms with Crippen LogP contribution < -0.4 is 0 Å². The minimum atomic E-state index is -0.100. The minimum Gasteiger partial charge on any atom is -0.504 e. The van der Waals surface area contributed by atoms with Gasteiger partial charge in [0.15, 0.2) is 0 Å². The first-order valence-electron chi connectivity index (χ1n) is 7.69. The fraction of sp³-hybridized carbons (Fsp3) is 0.556. The third kappa shape index (κ3) is 1.49. The molecule has 2 nitrogen and oxygen atoms in total. The number of ketones is 1. The quantitative estimate of drug-likeness (QED) is 0.532. The third-order valence-electron chi connectivity index (χ3n) is 5.97. The summed E-state index contributed by atoms with van der Waals surface area (Å²) in [7, 11) is 0. The Labute approximate surface area is 119 Å². The molecule has 0 heterocycles. The van der Waals surface area contributed by atoms with Crippen molar-refractivity contribution in [3.8, 4) is 0 Å². The van der Waals surface area contributed by atoms with Gasteiger partial charge in [0.25, 0.3) is 0 Å². The van der Waals surface area contributed by atoms with Crippen LogP contribution in [0.15, 0.2) is 40.4 Å². The lowest BCUT2D eigenvalue weighted by atomic mass is 9.59. The molecule has 2 saturated carbocycles. The third-order valence-corrected chi connectivity index (χ3v) is 5.97. The van der Waals surface area contributed by atoms with Crippen LogP contribution in [0, 0.1) is 17.3 Å². The highest BCUT2D eigenvalue weighted by molar-refractivity contribution is 5.88. The number of hydrogen-bond acceptors (Lipinski definition) is 2. The monoisotopic (exact) mass is 268 g/mol. The predicted octanol–water partition coefficient (Wildman–Crippen LogP) is 4.01. The molecule has 1 N–H and O–H groups in total. The summed E-state index contributed by atoms with van der Waals surface area (Å²) in [5, 5.41) is 9.64. The van der Waals surface area contributed by atoms with Gasteiger partial charge in [-0.2, -0.15) is 0 Å². The average molecular weight is 268 g/mol. The number of hydrogen-bond donors (Lipinski definition) is 1. The van der Waals surface area contributed by atoms with Gasteiger partial charge >= 0.3 is 0 Å². The summed E-state index contributed by atoms with van der Waals surface area (Å²) in [4.78, 5) is 12.2. The van der Waals surface area contributed by atoms with Crippen molar-refractivity contribution in [2.45, 2.75) is 45.4 Å². The zero-order valence-electron chi connectivity index (χ0n) is 11.9. The normalized spacial score (nSPS) is 39.0. The van der Waals surface area contributed by atoms with E-state index in [9.17, 15) is 9.90 Å². The Kier molecular flexibility index (Phi) is 2.44. The second kappa shape index (κ2) is 3.99. The van der Waals surface area contributed by atoms with Crippen molar-refractivity contribution in [2.24, 2.45) is 17.3 Å². The van der Waals surface area contributed by atoms with E-state index in [2.05, 4.69) is 18.7 Å². The molecule has 0 aliphatic heterocycles. The van der Waals surface area contributed by atoms with Gasteiger partial charge in [-0.3, -0.25) is 4.79 Å². The standard InChI is InChI=1S/C18H20O2/c1-18-9-8-14-13-5-3-12(19)10-11(13)2-4-15(14)16(18)6-7-17(18)20/h4-5,14,16,19H,2,6-10H2,1H3/t14-,16+,18+/m1/s1. The largest absolute Gasteiger partial charge is 0.504 e. The smallest absolute Gasteiger partial charge is 0.139 e. The number of carbonyl (C=O) groups excluding carboxylic acids is 1. The van der Waals surface area contributed by atoms with E-state index in [1.165, 1.54) is 16.7 Å². The van der Waals surface area contributed by atoms with Gasteiger partial charge in [0.2, 0.25) is 0 Å². The van der Waals surface area contributed by atoms with E-state index < -0.39 is 0 Å². The van der Waals surface area contributed by atoms with Gasteiger partial charge in [-0.15, -0.1) is 0 Å². The van der Waals surface area contributed by atoms with Crippen molar-refractivity contribution in [3.05, 3.63) is 40.4 Å². The molecule has 104 valence electrons. The molecule has 0 aromatic heterocycles. The van der Waals surface area contributed by atoms with Crippen molar-refractivity contribution in [2.75, 3.05) is 0 Å². The second-order valence-corrected chi connectivity index (χ2v) is 6.90. The molecule has 20 heavy (non-hydrogen) atoms.